The lowest BCUT2D eigenvalue weighted by Gasteiger charge is -2.22. The highest BCUT2D eigenvalue weighted by Gasteiger charge is 2.28. The Kier molecular flexibility index (Phi) is 6.44. The largest absolute Gasteiger partial charge is 0.491 e. The van der Waals surface area contributed by atoms with Gasteiger partial charge in [-0.25, -0.2) is 9.78 Å². The molecular formula is C28H24N6O3. The minimum Gasteiger partial charge on any atom is -0.491 e. The number of carbonyl (C=O) groups is 1. The molecular weight excluding hydrogens is 468 g/mol. The molecule has 1 amide bonds. The third-order valence-electron chi connectivity index (χ3n) is 6.35. The fourth-order valence-corrected chi connectivity index (χ4v) is 4.81. The van der Waals surface area contributed by atoms with Crippen LogP contribution in [-0.4, -0.2) is 51.2 Å². The summed E-state index contributed by atoms with van der Waals surface area (Å²) in [5, 5.41) is 19.6. The van der Waals surface area contributed by atoms with Gasteiger partial charge in [0.25, 0.3) is 0 Å². The van der Waals surface area contributed by atoms with E-state index in [2.05, 4.69) is 33.1 Å². The highest BCUT2D eigenvalue weighted by atomic mass is 16.5. The molecule has 0 saturated carbocycles. The molecule has 0 aliphatic carbocycles. The second kappa shape index (κ2) is 10.00. The van der Waals surface area contributed by atoms with Crippen molar-refractivity contribution in [2.45, 2.75) is 26.8 Å². The summed E-state index contributed by atoms with van der Waals surface area (Å²) >= 11 is 0. The number of hydrogen-bond donors (Lipinski definition) is 0. The summed E-state index contributed by atoms with van der Waals surface area (Å²) in [5.74, 6) is 7.34. The van der Waals surface area contributed by atoms with E-state index in [1.54, 1.807) is 25.1 Å². The fourth-order valence-electron chi connectivity index (χ4n) is 4.81. The Bertz CT molecular complexity index is 1610. The van der Waals surface area contributed by atoms with E-state index < -0.39 is 0 Å². The Morgan fingerprint density at radius 2 is 2.00 bits per heavy atom. The van der Waals surface area contributed by atoms with Crippen LogP contribution in [0, 0.1) is 30.1 Å². The first kappa shape index (κ1) is 23.8. The van der Waals surface area contributed by atoms with Crippen LogP contribution >= 0.6 is 0 Å². The van der Waals surface area contributed by atoms with Gasteiger partial charge in [-0.05, 0) is 42.5 Å². The maximum atomic E-state index is 13.0. The summed E-state index contributed by atoms with van der Waals surface area (Å²) < 4.78 is 11.9. The lowest BCUT2D eigenvalue weighted by Crippen LogP contribution is -2.36. The molecule has 0 radical (unpaired) electrons. The number of hydrogen-bond acceptors (Lipinski definition) is 7. The Balaban J connectivity index is 1.78. The summed E-state index contributed by atoms with van der Waals surface area (Å²) in [6.45, 7) is 4.66. The molecule has 9 nitrogen and oxygen atoms in total. The van der Waals surface area contributed by atoms with Crippen LogP contribution in [0.3, 0.4) is 0 Å². The standard InChI is InChI=1S/C28H24N6O3/c1-4-5-20-16-21-17-33(28(35)34-31-12-13-32-34)14-15-37-26(21)22(8-10-29)24(20)23-18(2)6-7-19-9-11-30-27(36-3)25(19)23/h6-7,9,11-13,16H,8,14-15,17H2,1-3H3. The van der Waals surface area contributed by atoms with Gasteiger partial charge in [-0.15, -0.1) is 5.92 Å². The van der Waals surface area contributed by atoms with E-state index in [1.807, 2.05) is 31.2 Å². The third-order valence-corrected chi connectivity index (χ3v) is 6.35. The summed E-state index contributed by atoms with van der Waals surface area (Å²) in [6, 6.07) is 9.91. The van der Waals surface area contributed by atoms with E-state index in [4.69, 9.17) is 9.47 Å². The number of aromatic nitrogens is 4. The van der Waals surface area contributed by atoms with Gasteiger partial charge >= 0.3 is 6.03 Å². The minimum absolute atomic E-state index is 0.101. The van der Waals surface area contributed by atoms with Gasteiger partial charge < -0.3 is 14.4 Å². The van der Waals surface area contributed by atoms with Crippen molar-refractivity contribution in [2.75, 3.05) is 20.3 Å². The van der Waals surface area contributed by atoms with Crippen molar-refractivity contribution >= 4 is 16.8 Å². The molecule has 184 valence electrons. The lowest BCUT2D eigenvalue weighted by molar-refractivity contribution is 0.182. The number of pyridine rings is 1. The van der Waals surface area contributed by atoms with Crippen LogP contribution in [0.1, 0.15) is 29.2 Å². The fraction of sp³-hybridized carbons (Fsp3) is 0.250. The van der Waals surface area contributed by atoms with Gasteiger partial charge in [-0.1, -0.05) is 22.8 Å². The molecule has 0 spiro atoms. The van der Waals surface area contributed by atoms with Crippen molar-refractivity contribution in [3.8, 4) is 40.7 Å². The summed E-state index contributed by atoms with van der Waals surface area (Å²) in [6.07, 6.45) is 4.73. The van der Waals surface area contributed by atoms with Crippen molar-refractivity contribution in [3.05, 3.63) is 65.1 Å². The Morgan fingerprint density at radius 1 is 1.19 bits per heavy atom. The van der Waals surface area contributed by atoms with E-state index >= 15 is 0 Å². The highest BCUT2D eigenvalue weighted by molar-refractivity contribution is 6.03. The number of amides is 1. The van der Waals surface area contributed by atoms with Gasteiger partial charge in [-0.2, -0.15) is 15.5 Å². The zero-order chi connectivity index (χ0) is 25.9. The summed E-state index contributed by atoms with van der Waals surface area (Å²) in [4.78, 5) is 20.1. The molecule has 0 atom stereocenters. The number of nitriles is 1. The van der Waals surface area contributed by atoms with Crippen LogP contribution in [0.15, 0.2) is 42.9 Å². The van der Waals surface area contributed by atoms with E-state index in [0.29, 0.717) is 18.2 Å². The molecule has 4 aromatic rings. The van der Waals surface area contributed by atoms with E-state index in [0.717, 1.165) is 48.9 Å². The molecule has 0 saturated heterocycles. The second-order valence-corrected chi connectivity index (χ2v) is 8.52. The number of benzene rings is 2. The van der Waals surface area contributed by atoms with E-state index in [1.165, 1.54) is 12.4 Å². The van der Waals surface area contributed by atoms with Crippen molar-refractivity contribution in [3.63, 3.8) is 0 Å². The van der Waals surface area contributed by atoms with Gasteiger partial charge in [-0.3, -0.25) is 0 Å². The van der Waals surface area contributed by atoms with Crippen LogP contribution in [-0.2, 0) is 13.0 Å². The maximum Gasteiger partial charge on any atom is 0.362 e. The Morgan fingerprint density at radius 3 is 2.73 bits per heavy atom. The topological polar surface area (TPSA) is 106 Å². The average molecular weight is 493 g/mol. The molecule has 0 unspecified atom stereocenters. The molecule has 3 heterocycles. The quantitative estimate of drug-likeness (QED) is 0.396. The molecule has 2 aromatic carbocycles. The number of rotatable bonds is 3. The van der Waals surface area contributed by atoms with Crippen LogP contribution in [0.25, 0.3) is 21.9 Å². The number of methoxy groups -OCH3 is 1. The van der Waals surface area contributed by atoms with Crippen LogP contribution in [0.2, 0.25) is 0 Å². The second-order valence-electron chi connectivity index (χ2n) is 8.52. The first-order chi connectivity index (χ1) is 18.1. The van der Waals surface area contributed by atoms with Gasteiger partial charge in [0, 0.05) is 28.5 Å². The van der Waals surface area contributed by atoms with Gasteiger partial charge in [0.15, 0.2) is 0 Å². The molecule has 1 aliphatic rings. The minimum atomic E-state index is -0.351. The Labute approximate surface area is 214 Å². The Hall–Kier alpha value is -4.89. The molecule has 37 heavy (non-hydrogen) atoms. The van der Waals surface area contributed by atoms with Gasteiger partial charge in [0.05, 0.1) is 50.5 Å². The zero-order valence-corrected chi connectivity index (χ0v) is 20.8. The van der Waals surface area contributed by atoms with Crippen LogP contribution in [0.4, 0.5) is 4.79 Å². The first-order valence-electron chi connectivity index (χ1n) is 11.8. The third kappa shape index (κ3) is 4.21. The molecule has 0 bridgehead atoms. The van der Waals surface area contributed by atoms with Crippen molar-refractivity contribution < 1.29 is 14.3 Å². The van der Waals surface area contributed by atoms with Crippen LogP contribution < -0.4 is 9.47 Å². The van der Waals surface area contributed by atoms with E-state index in [-0.39, 0.29) is 25.6 Å². The number of ether oxygens (including phenoxy) is 2. The smallest absolute Gasteiger partial charge is 0.362 e. The summed E-state index contributed by atoms with van der Waals surface area (Å²) in [5.41, 5.74) is 4.95. The zero-order valence-electron chi connectivity index (χ0n) is 20.8. The van der Waals surface area contributed by atoms with Crippen molar-refractivity contribution in [2.24, 2.45) is 0 Å². The number of carbonyl (C=O) groups excluding carboxylic acids is 1. The molecule has 0 fully saturated rings. The predicted octanol–water partition coefficient (Wildman–Crippen LogP) is 4.11. The van der Waals surface area contributed by atoms with Crippen molar-refractivity contribution in [1.29, 1.82) is 5.26 Å². The number of nitrogens with zero attached hydrogens (tertiary/aromatic N) is 6. The van der Waals surface area contributed by atoms with Gasteiger partial charge in [0.1, 0.15) is 12.4 Å². The average Bonchev–Trinajstić information content (AvgIpc) is 3.36. The van der Waals surface area contributed by atoms with Gasteiger partial charge in [0.2, 0.25) is 5.88 Å². The SMILES string of the molecule is CC#Cc1cc2c(c(CC#N)c1-c1c(C)ccc3ccnc(OC)c13)OCCN(C(=O)n1nccn1)C2. The molecule has 2 aromatic heterocycles. The molecule has 9 heteroatoms. The lowest BCUT2D eigenvalue weighted by atomic mass is 9.85. The summed E-state index contributed by atoms with van der Waals surface area (Å²) in [7, 11) is 1.59. The number of aryl methyl sites for hydroxylation is 1. The molecule has 5 rings (SSSR count). The van der Waals surface area contributed by atoms with E-state index in [9.17, 15) is 10.1 Å². The normalized spacial score (nSPS) is 12.5. The van der Waals surface area contributed by atoms with Crippen molar-refractivity contribution in [1.82, 2.24) is 24.9 Å². The first-order valence-corrected chi connectivity index (χ1v) is 11.8. The number of fused-ring (bicyclic) bond motifs is 2. The molecule has 1 aliphatic heterocycles. The molecule has 0 N–H and O–H groups in total. The van der Waals surface area contributed by atoms with Crippen LogP contribution in [0.5, 0.6) is 11.6 Å². The maximum absolute atomic E-state index is 13.0. The predicted molar refractivity (Wildman–Crippen MR) is 137 cm³/mol. The highest BCUT2D eigenvalue weighted by Crippen LogP contribution is 2.44. The monoisotopic (exact) mass is 492 g/mol.